The van der Waals surface area contributed by atoms with Gasteiger partial charge in [-0.05, 0) is 36.1 Å². The topological polar surface area (TPSA) is 97.7 Å². The minimum atomic E-state index is -4.56. The number of aromatic nitrogens is 2. The van der Waals surface area contributed by atoms with Crippen molar-refractivity contribution in [3.63, 3.8) is 0 Å². The number of hydrogen-bond acceptors (Lipinski definition) is 7. The molecule has 36 heavy (non-hydrogen) atoms. The van der Waals surface area contributed by atoms with Crippen molar-refractivity contribution in [1.29, 1.82) is 0 Å². The fourth-order valence-electron chi connectivity index (χ4n) is 4.34. The molecule has 2 aromatic rings. The van der Waals surface area contributed by atoms with Gasteiger partial charge in [-0.15, -0.1) is 0 Å². The highest BCUT2D eigenvalue weighted by molar-refractivity contribution is 5.84. The molecule has 2 aliphatic heterocycles. The predicted octanol–water partition coefficient (Wildman–Crippen LogP) is 2.88. The summed E-state index contributed by atoms with van der Waals surface area (Å²) in [6.07, 6.45) is -1.62. The van der Waals surface area contributed by atoms with Crippen LogP contribution in [0.4, 0.5) is 19.1 Å². The van der Waals surface area contributed by atoms with Crippen molar-refractivity contribution in [2.45, 2.75) is 45.3 Å². The second-order valence-corrected chi connectivity index (χ2v) is 8.92. The number of hydrogen-bond donors (Lipinski definition) is 2. The van der Waals surface area contributed by atoms with Gasteiger partial charge in [0, 0.05) is 26.1 Å². The number of rotatable bonds is 9. The first-order valence-electron chi connectivity index (χ1n) is 12.0. The quantitative estimate of drug-likeness (QED) is 0.502. The number of amides is 1. The highest BCUT2D eigenvalue weighted by Gasteiger charge is 2.38. The first-order valence-corrected chi connectivity index (χ1v) is 12.0. The molecule has 3 heterocycles. The Morgan fingerprint density at radius 3 is 2.81 bits per heavy atom. The minimum absolute atomic E-state index is 0.157. The van der Waals surface area contributed by atoms with Crippen LogP contribution in [0, 0.1) is 5.92 Å². The van der Waals surface area contributed by atoms with Gasteiger partial charge < -0.3 is 25.1 Å². The summed E-state index contributed by atoms with van der Waals surface area (Å²) >= 11 is 0. The van der Waals surface area contributed by atoms with Crippen LogP contribution in [0.1, 0.15) is 36.6 Å². The lowest BCUT2D eigenvalue weighted by Crippen LogP contribution is -2.41. The first-order chi connectivity index (χ1) is 17.2. The molecule has 1 aromatic carbocycles. The van der Waals surface area contributed by atoms with Crippen molar-refractivity contribution < 1.29 is 32.2 Å². The Labute approximate surface area is 206 Å². The number of anilines is 1. The van der Waals surface area contributed by atoms with Gasteiger partial charge >= 0.3 is 12.1 Å². The van der Waals surface area contributed by atoms with Gasteiger partial charge in [0.05, 0.1) is 37.4 Å². The van der Waals surface area contributed by atoms with E-state index in [0.717, 1.165) is 29.6 Å². The van der Waals surface area contributed by atoms with Gasteiger partial charge in [0.1, 0.15) is 12.3 Å². The molecule has 196 valence electrons. The third-order valence-corrected chi connectivity index (χ3v) is 5.99. The SMILES string of the molecule is CCCOC(=O)CC1Cc2ccc(OCCc3cn4c(n3)NCCN4)cc2CN(CC(F)(F)F)C1=O. The predicted molar refractivity (Wildman–Crippen MR) is 125 cm³/mol. The number of fused-ring (bicyclic) bond motifs is 2. The zero-order chi connectivity index (χ0) is 25.7. The van der Waals surface area contributed by atoms with E-state index in [4.69, 9.17) is 9.47 Å². The average Bonchev–Trinajstić information content (AvgIpc) is 3.19. The number of carbonyl (C=O) groups excluding carboxylic acids is 2. The molecule has 2 N–H and O–H groups in total. The van der Waals surface area contributed by atoms with Crippen LogP contribution in [0.15, 0.2) is 24.4 Å². The summed E-state index contributed by atoms with van der Waals surface area (Å²) in [4.78, 5) is 30.4. The number of carbonyl (C=O) groups is 2. The van der Waals surface area contributed by atoms with Crippen LogP contribution in [0.5, 0.6) is 5.75 Å². The van der Waals surface area contributed by atoms with E-state index in [2.05, 4.69) is 15.7 Å². The Kier molecular flexibility index (Phi) is 7.90. The average molecular weight is 510 g/mol. The molecular weight excluding hydrogens is 479 g/mol. The zero-order valence-electron chi connectivity index (χ0n) is 20.1. The van der Waals surface area contributed by atoms with E-state index in [-0.39, 0.29) is 26.0 Å². The van der Waals surface area contributed by atoms with E-state index in [1.54, 1.807) is 18.2 Å². The van der Waals surface area contributed by atoms with Crippen LogP contribution < -0.4 is 15.5 Å². The number of benzene rings is 1. The van der Waals surface area contributed by atoms with E-state index >= 15 is 0 Å². The Morgan fingerprint density at radius 1 is 1.22 bits per heavy atom. The van der Waals surface area contributed by atoms with Gasteiger partial charge in [0.15, 0.2) is 0 Å². The molecule has 1 aromatic heterocycles. The molecule has 0 saturated carbocycles. The second-order valence-electron chi connectivity index (χ2n) is 8.92. The third-order valence-electron chi connectivity index (χ3n) is 5.99. The van der Waals surface area contributed by atoms with Crippen molar-refractivity contribution in [3.05, 3.63) is 41.2 Å². The maximum Gasteiger partial charge on any atom is 0.406 e. The molecule has 1 amide bonds. The molecule has 2 aliphatic rings. The molecule has 9 nitrogen and oxygen atoms in total. The fraction of sp³-hybridized carbons (Fsp3) is 0.542. The second kappa shape index (κ2) is 11.1. The molecule has 0 bridgehead atoms. The number of nitrogens with one attached hydrogen (secondary N) is 2. The summed E-state index contributed by atoms with van der Waals surface area (Å²) in [6.45, 7) is 2.35. The molecule has 0 fully saturated rings. The van der Waals surface area contributed by atoms with Crippen LogP contribution in [-0.4, -0.2) is 65.5 Å². The Balaban J connectivity index is 1.45. The van der Waals surface area contributed by atoms with E-state index < -0.39 is 30.5 Å². The number of alkyl halides is 3. The van der Waals surface area contributed by atoms with Crippen LogP contribution in [0.25, 0.3) is 0 Å². The Bertz CT molecular complexity index is 1060. The summed E-state index contributed by atoms with van der Waals surface area (Å²) in [5.74, 6) is -0.973. The van der Waals surface area contributed by atoms with Crippen molar-refractivity contribution >= 4 is 17.8 Å². The zero-order valence-corrected chi connectivity index (χ0v) is 20.1. The molecule has 0 radical (unpaired) electrons. The van der Waals surface area contributed by atoms with Gasteiger partial charge in [0.2, 0.25) is 11.9 Å². The molecule has 4 rings (SSSR count). The van der Waals surface area contributed by atoms with Crippen molar-refractivity contribution in [2.24, 2.45) is 5.92 Å². The number of imidazole rings is 1. The van der Waals surface area contributed by atoms with Gasteiger partial charge in [0.25, 0.3) is 0 Å². The lowest BCUT2D eigenvalue weighted by molar-refractivity contribution is -0.165. The van der Waals surface area contributed by atoms with Crippen molar-refractivity contribution in [2.75, 3.05) is 43.6 Å². The maximum atomic E-state index is 13.2. The number of nitrogens with zero attached hydrogens (tertiary/aromatic N) is 3. The summed E-state index contributed by atoms with van der Waals surface area (Å²) in [7, 11) is 0. The molecule has 1 atom stereocenters. The molecule has 1 unspecified atom stereocenters. The summed E-state index contributed by atoms with van der Waals surface area (Å²) in [5.41, 5.74) is 5.31. The maximum absolute atomic E-state index is 13.2. The van der Waals surface area contributed by atoms with Gasteiger partial charge in [-0.1, -0.05) is 13.0 Å². The van der Waals surface area contributed by atoms with Crippen molar-refractivity contribution in [3.8, 4) is 5.75 Å². The molecule has 0 saturated heterocycles. The summed E-state index contributed by atoms with van der Waals surface area (Å²) < 4.78 is 52.5. The first kappa shape index (κ1) is 25.6. The summed E-state index contributed by atoms with van der Waals surface area (Å²) in [6, 6.07) is 5.16. The van der Waals surface area contributed by atoms with Crippen LogP contribution >= 0.6 is 0 Å². The smallest absolute Gasteiger partial charge is 0.406 e. The lowest BCUT2D eigenvalue weighted by atomic mass is 9.94. The Morgan fingerprint density at radius 2 is 2.06 bits per heavy atom. The van der Waals surface area contributed by atoms with Crippen molar-refractivity contribution in [1.82, 2.24) is 14.6 Å². The number of halogens is 3. The van der Waals surface area contributed by atoms with E-state index in [0.29, 0.717) is 36.3 Å². The third kappa shape index (κ3) is 6.61. The fourth-order valence-corrected chi connectivity index (χ4v) is 4.34. The number of ether oxygens (including phenoxy) is 2. The Hall–Kier alpha value is -3.44. The van der Waals surface area contributed by atoms with Gasteiger partial charge in [-0.3, -0.25) is 9.59 Å². The van der Waals surface area contributed by atoms with Crippen LogP contribution in [0.2, 0.25) is 0 Å². The number of esters is 1. The monoisotopic (exact) mass is 509 g/mol. The molecular formula is C24H30F3N5O4. The molecule has 0 aliphatic carbocycles. The van der Waals surface area contributed by atoms with Gasteiger partial charge in [-0.2, -0.15) is 13.2 Å². The van der Waals surface area contributed by atoms with E-state index in [1.165, 1.54) is 0 Å². The van der Waals surface area contributed by atoms with Gasteiger partial charge in [-0.25, -0.2) is 9.66 Å². The summed E-state index contributed by atoms with van der Waals surface area (Å²) in [5, 5.41) is 3.19. The molecule has 12 heteroatoms. The minimum Gasteiger partial charge on any atom is -0.493 e. The largest absolute Gasteiger partial charge is 0.493 e. The van der Waals surface area contributed by atoms with Crippen LogP contribution in [-0.2, 0) is 33.7 Å². The van der Waals surface area contributed by atoms with E-state index in [9.17, 15) is 22.8 Å². The lowest BCUT2D eigenvalue weighted by Gasteiger charge is -2.25. The van der Waals surface area contributed by atoms with E-state index in [1.807, 2.05) is 17.8 Å². The molecule has 0 spiro atoms. The van der Waals surface area contributed by atoms with Crippen LogP contribution in [0.3, 0.4) is 0 Å². The highest BCUT2D eigenvalue weighted by atomic mass is 19.4. The standard InChI is InChI=1S/C24H30F3N5O4/c1-2-8-36-21(33)12-17-10-16-3-4-20(11-18(16)13-31(22(17)34)15-24(25,26)27)35-9-5-19-14-32-23(30-19)28-6-7-29-32/h3-4,11,14,17,29H,2,5-10,12-13,15H2,1H3,(H,28,30). The normalized spacial score (nSPS) is 17.4. The highest BCUT2D eigenvalue weighted by Crippen LogP contribution is 2.30.